The molecule has 0 radical (unpaired) electrons. The van der Waals surface area contributed by atoms with E-state index < -0.39 is 5.54 Å². The Balaban J connectivity index is 1.60. The molecular weight excluding hydrogens is 296 g/mol. The van der Waals surface area contributed by atoms with E-state index in [-0.39, 0.29) is 23.8 Å². The number of primary amides is 1. The van der Waals surface area contributed by atoms with E-state index in [2.05, 4.69) is 17.1 Å². The third kappa shape index (κ3) is 3.06. The highest BCUT2D eigenvalue weighted by Crippen LogP contribution is 2.36. The second-order valence-corrected chi connectivity index (χ2v) is 7.36. The lowest BCUT2D eigenvalue weighted by molar-refractivity contribution is -0.134. The Bertz CT molecular complexity index is 505. The van der Waals surface area contributed by atoms with Gasteiger partial charge < -0.3 is 11.1 Å². The normalized spacial score (nSPS) is 33.3. The molecule has 0 aromatic rings. The smallest absolute Gasteiger partial charge is 0.326 e. The first-order valence-corrected chi connectivity index (χ1v) is 8.57. The summed E-state index contributed by atoms with van der Waals surface area (Å²) in [6.45, 7) is 3.88. The number of imide groups is 1. The Kier molecular flexibility index (Phi) is 4.31. The van der Waals surface area contributed by atoms with Crippen molar-refractivity contribution in [1.29, 1.82) is 0 Å². The van der Waals surface area contributed by atoms with Gasteiger partial charge >= 0.3 is 6.03 Å². The lowest BCUT2D eigenvalue weighted by atomic mass is 9.77. The lowest BCUT2D eigenvalue weighted by Crippen LogP contribution is -2.50. The molecule has 0 aromatic heterocycles. The van der Waals surface area contributed by atoms with Crippen LogP contribution in [0.25, 0.3) is 0 Å². The van der Waals surface area contributed by atoms with Crippen molar-refractivity contribution in [2.24, 2.45) is 17.6 Å². The number of amides is 4. The molecule has 3 rings (SSSR count). The minimum absolute atomic E-state index is 0.0774. The minimum atomic E-state index is -0.671. The van der Waals surface area contributed by atoms with Crippen molar-refractivity contribution in [3.8, 4) is 0 Å². The molecule has 2 saturated heterocycles. The molecule has 3 fully saturated rings. The number of nitrogens with two attached hydrogens (primary N) is 1. The van der Waals surface area contributed by atoms with E-state index in [1.165, 1.54) is 4.90 Å². The van der Waals surface area contributed by atoms with E-state index in [4.69, 9.17) is 5.73 Å². The Morgan fingerprint density at radius 2 is 1.83 bits per heavy atom. The van der Waals surface area contributed by atoms with Crippen LogP contribution in [0, 0.1) is 11.8 Å². The first kappa shape index (κ1) is 16.2. The maximum atomic E-state index is 12.8. The van der Waals surface area contributed by atoms with Crippen LogP contribution in [0.4, 0.5) is 4.79 Å². The van der Waals surface area contributed by atoms with Crippen molar-refractivity contribution in [3.63, 3.8) is 0 Å². The summed E-state index contributed by atoms with van der Waals surface area (Å²) < 4.78 is 0. The number of hydrogen-bond acceptors (Lipinski definition) is 4. The molecule has 23 heavy (non-hydrogen) atoms. The molecule has 3 aliphatic rings. The molecule has 1 aliphatic carbocycles. The van der Waals surface area contributed by atoms with E-state index >= 15 is 0 Å². The zero-order valence-electron chi connectivity index (χ0n) is 13.7. The van der Waals surface area contributed by atoms with Crippen molar-refractivity contribution in [3.05, 3.63) is 0 Å². The number of rotatable bonds is 3. The van der Waals surface area contributed by atoms with E-state index in [0.29, 0.717) is 38.5 Å². The minimum Gasteiger partial charge on any atom is -0.369 e. The van der Waals surface area contributed by atoms with E-state index in [0.717, 1.165) is 25.7 Å². The molecule has 128 valence electrons. The molecule has 0 bridgehead atoms. The van der Waals surface area contributed by atoms with Crippen molar-refractivity contribution in [2.75, 3.05) is 19.8 Å². The van der Waals surface area contributed by atoms with Crippen LogP contribution in [0.2, 0.25) is 0 Å². The average molecular weight is 322 g/mol. The maximum absolute atomic E-state index is 12.8. The lowest BCUT2D eigenvalue weighted by Gasteiger charge is -2.35. The molecule has 1 spiro atoms. The Morgan fingerprint density at radius 1 is 1.22 bits per heavy atom. The number of piperidine rings is 1. The topological polar surface area (TPSA) is 95.7 Å². The number of carbonyl (C=O) groups is 3. The number of nitrogens with zero attached hydrogens (tertiary/aromatic N) is 2. The number of nitrogens with one attached hydrogen (secondary N) is 1. The van der Waals surface area contributed by atoms with Gasteiger partial charge in [-0.15, -0.1) is 0 Å². The molecule has 0 atom stereocenters. The number of carbonyl (C=O) groups excluding carboxylic acids is 3. The van der Waals surface area contributed by atoms with Crippen LogP contribution in [-0.2, 0) is 9.59 Å². The predicted molar refractivity (Wildman–Crippen MR) is 84.1 cm³/mol. The highest BCUT2D eigenvalue weighted by atomic mass is 16.2. The van der Waals surface area contributed by atoms with Gasteiger partial charge in [0.1, 0.15) is 5.54 Å². The van der Waals surface area contributed by atoms with E-state index in [1.807, 2.05) is 0 Å². The summed E-state index contributed by atoms with van der Waals surface area (Å²) in [6, 6.07) is -0.276. The zero-order chi connectivity index (χ0) is 16.6. The molecule has 7 heteroatoms. The van der Waals surface area contributed by atoms with Gasteiger partial charge in [0.05, 0.1) is 6.67 Å². The average Bonchev–Trinajstić information content (AvgIpc) is 2.75. The summed E-state index contributed by atoms with van der Waals surface area (Å²) in [5.74, 6) is 0.203. The fourth-order valence-electron chi connectivity index (χ4n) is 3.96. The van der Waals surface area contributed by atoms with Gasteiger partial charge in [0.25, 0.3) is 5.91 Å². The van der Waals surface area contributed by atoms with Gasteiger partial charge in [-0.05, 0) is 44.4 Å². The number of urea groups is 1. The quantitative estimate of drug-likeness (QED) is 0.745. The number of likely N-dealkylation sites (tertiary alicyclic amines) is 1. The highest BCUT2D eigenvalue weighted by molar-refractivity contribution is 6.07. The fourth-order valence-corrected chi connectivity index (χ4v) is 3.96. The molecule has 0 aromatic carbocycles. The van der Waals surface area contributed by atoms with Crippen LogP contribution in [0.1, 0.15) is 45.4 Å². The third-order valence-electron chi connectivity index (χ3n) is 5.71. The van der Waals surface area contributed by atoms with Crippen molar-refractivity contribution in [1.82, 2.24) is 15.1 Å². The van der Waals surface area contributed by atoms with Gasteiger partial charge in [0.2, 0.25) is 5.91 Å². The standard InChI is InChI=1S/C16H26N4O3/c1-11-2-6-16(7-3-11)14(22)20(15(23)18-16)10-19-8-4-12(5-9-19)13(17)21/h11-12H,2-10H2,1H3,(H2,17,21)(H,18,23). The second-order valence-electron chi connectivity index (χ2n) is 7.36. The molecule has 3 N–H and O–H groups in total. The molecule has 1 saturated carbocycles. The SMILES string of the molecule is CC1CCC2(CC1)NC(=O)N(CN1CCC(C(N)=O)CC1)C2=O. The van der Waals surface area contributed by atoms with Crippen LogP contribution >= 0.6 is 0 Å². The molecular formula is C16H26N4O3. The van der Waals surface area contributed by atoms with Crippen LogP contribution in [-0.4, -0.2) is 52.9 Å². The van der Waals surface area contributed by atoms with E-state index in [9.17, 15) is 14.4 Å². The zero-order valence-corrected chi connectivity index (χ0v) is 13.7. The number of hydrogen-bond donors (Lipinski definition) is 2. The monoisotopic (exact) mass is 322 g/mol. The Labute approximate surface area is 136 Å². The highest BCUT2D eigenvalue weighted by Gasteiger charge is 2.52. The predicted octanol–water partition coefficient (Wildman–Crippen LogP) is 0.642. The fraction of sp³-hybridized carbons (Fsp3) is 0.812. The summed E-state index contributed by atoms with van der Waals surface area (Å²) in [6.07, 6.45) is 4.81. The van der Waals surface area contributed by atoms with Crippen LogP contribution < -0.4 is 11.1 Å². The first-order valence-electron chi connectivity index (χ1n) is 8.57. The molecule has 2 aliphatic heterocycles. The summed E-state index contributed by atoms with van der Waals surface area (Å²) in [4.78, 5) is 39.7. The Hall–Kier alpha value is -1.63. The van der Waals surface area contributed by atoms with Crippen LogP contribution in [0.5, 0.6) is 0 Å². The third-order valence-corrected chi connectivity index (χ3v) is 5.71. The largest absolute Gasteiger partial charge is 0.369 e. The van der Waals surface area contributed by atoms with Gasteiger partial charge in [0, 0.05) is 19.0 Å². The van der Waals surface area contributed by atoms with Gasteiger partial charge in [-0.2, -0.15) is 0 Å². The van der Waals surface area contributed by atoms with Gasteiger partial charge in [-0.1, -0.05) is 6.92 Å². The summed E-state index contributed by atoms with van der Waals surface area (Å²) in [7, 11) is 0. The summed E-state index contributed by atoms with van der Waals surface area (Å²) in [5.41, 5.74) is 4.67. The van der Waals surface area contributed by atoms with Crippen molar-refractivity contribution in [2.45, 2.75) is 51.0 Å². The molecule has 7 nitrogen and oxygen atoms in total. The summed E-state index contributed by atoms with van der Waals surface area (Å²) >= 11 is 0. The van der Waals surface area contributed by atoms with Crippen LogP contribution in [0.15, 0.2) is 0 Å². The van der Waals surface area contributed by atoms with Crippen LogP contribution in [0.3, 0.4) is 0 Å². The van der Waals surface area contributed by atoms with Gasteiger partial charge in [0.15, 0.2) is 0 Å². The van der Waals surface area contributed by atoms with E-state index in [1.54, 1.807) is 0 Å². The first-order chi connectivity index (χ1) is 10.9. The molecule has 0 unspecified atom stereocenters. The second kappa shape index (κ2) is 6.11. The maximum Gasteiger partial charge on any atom is 0.326 e. The molecule has 2 heterocycles. The van der Waals surface area contributed by atoms with Gasteiger partial charge in [-0.3, -0.25) is 14.5 Å². The van der Waals surface area contributed by atoms with Crippen molar-refractivity contribution < 1.29 is 14.4 Å². The Morgan fingerprint density at radius 3 is 2.39 bits per heavy atom. The summed E-state index contributed by atoms with van der Waals surface area (Å²) in [5, 5.41) is 2.94. The van der Waals surface area contributed by atoms with Crippen molar-refractivity contribution >= 4 is 17.8 Å². The molecule has 4 amide bonds. The van der Waals surface area contributed by atoms with Gasteiger partial charge in [-0.25, -0.2) is 9.69 Å².